The zero-order valence-corrected chi connectivity index (χ0v) is 16.2. The summed E-state index contributed by atoms with van der Waals surface area (Å²) in [6.07, 6.45) is 6.84. The number of nitrogens with zero attached hydrogens (tertiary/aromatic N) is 3. The summed E-state index contributed by atoms with van der Waals surface area (Å²) in [6.45, 7) is 1.67. The predicted molar refractivity (Wildman–Crippen MR) is 106 cm³/mol. The maximum atomic E-state index is 14.3. The molecule has 1 aromatic heterocycles. The maximum Gasteiger partial charge on any atom is 0.147 e. The van der Waals surface area contributed by atoms with Crippen LogP contribution in [0.15, 0.2) is 30.6 Å². The Kier molecular flexibility index (Phi) is 4.93. The number of nitrogens with one attached hydrogen (secondary N) is 2. The van der Waals surface area contributed by atoms with Crippen molar-refractivity contribution in [3.63, 3.8) is 0 Å². The van der Waals surface area contributed by atoms with Crippen LogP contribution in [0.3, 0.4) is 0 Å². The molecule has 0 amide bonds. The van der Waals surface area contributed by atoms with E-state index in [1.165, 1.54) is 18.2 Å². The fourth-order valence-electron chi connectivity index (χ4n) is 5.18. The van der Waals surface area contributed by atoms with E-state index in [9.17, 15) is 8.78 Å². The summed E-state index contributed by atoms with van der Waals surface area (Å²) >= 11 is 0. The highest BCUT2D eigenvalue weighted by Crippen LogP contribution is 2.44. The largest absolute Gasteiger partial charge is 0.354 e. The molecule has 2 saturated heterocycles. The van der Waals surface area contributed by atoms with Gasteiger partial charge in [0.2, 0.25) is 0 Å². The van der Waals surface area contributed by atoms with E-state index in [4.69, 9.17) is 10.7 Å². The van der Waals surface area contributed by atoms with Crippen LogP contribution in [-0.2, 0) is 0 Å². The molecule has 2 aliphatic heterocycles. The molecule has 154 valence electrons. The first-order valence-corrected chi connectivity index (χ1v) is 10.4. The topological polar surface area (TPSA) is 79.1 Å². The SMILES string of the molecule is NC1CCN(c2cncc(C3NNC4CCC(c5c(F)cccc5F)CC43)n2)C1. The molecule has 4 N–H and O–H groups in total. The number of nitrogens with two attached hydrogens (primary N) is 1. The zero-order valence-electron chi connectivity index (χ0n) is 16.2. The highest BCUT2D eigenvalue weighted by molar-refractivity contribution is 5.39. The summed E-state index contributed by atoms with van der Waals surface area (Å²) in [5.74, 6) is 0.00729. The van der Waals surface area contributed by atoms with Gasteiger partial charge in [0, 0.05) is 30.7 Å². The normalized spacial score (nSPS) is 31.8. The van der Waals surface area contributed by atoms with Gasteiger partial charge in [-0.2, -0.15) is 0 Å². The third kappa shape index (κ3) is 3.49. The van der Waals surface area contributed by atoms with E-state index in [0.29, 0.717) is 6.42 Å². The molecule has 1 saturated carbocycles. The molecular weight excluding hydrogens is 374 g/mol. The average molecular weight is 400 g/mol. The number of hydrogen-bond donors (Lipinski definition) is 3. The number of hydrazine groups is 1. The van der Waals surface area contributed by atoms with E-state index < -0.39 is 11.6 Å². The highest BCUT2D eigenvalue weighted by atomic mass is 19.1. The predicted octanol–water partition coefficient (Wildman–Crippen LogP) is 2.39. The van der Waals surface area contributed by atoms with Crippen LogP contribution in [0.5, 0.6) is 0 Å². The molecule has 5 atom stereocenters. The second-order valence-corrected chi connectivity index (χ2v) is 8.48. The quantitative estimate of drug-likeness (QED) is 0.734. The van der Waals surface area contributed by atoms with Crippen molar-refractivity contribution in [2.45, 2.75) is 49.7 Å². The van der Waals surface area contributed by atoms with Gasteiger partial charge < -0.3 is 10.6 Å². The zero-order chi connectivity index (χ0) is 20.0. The first kappa shape index (κ1) is 18.8. The van der Waals surface area contributed by atoms with Gasteiger partial charge in [-0.1, -0.05) is 6.07 Å². The summed E-state index contributed by atoms with van der Waals surface area (Å²) in [4.78, 5) is 11.4. The van der Waals surface area contributed by atoms with Crippen molar-refractivity contribution in [2.24, 2.45) is 11.7 Å². The Balaban J connectivity index is 1.38. The first-order valence-electron chi connectivity index (χ1n) is 10.4. The van der Waals surface area contributed by atoms with Gasteiger partial charge in [-0.05, 0) is 49.7 Å². The molecule has 6 nitrogen and oxygen atoms in total. The fraction of sp³-hybridized carbons (Fsp3) is 0.524. The summed E-state index contributed by atoms with van der Waals surface area (Å²) in [5.41, 5.74) is 13.8. The first-order chi connectivity index (χ1) is 14.1. The van der Waals surface area contributed by atoms with Crippen molar-refractivity contribution in [1.82, 2.24) is 20.8 Å². The lowest BCUT2D eigenvalue weighted by Crippen LogP contribution is -2.35. The van der Waals surface area contributed by atoms with Crippen LogP contribution in [0.4, 0.5) is 14.6 Å². The van der Waals surface area contributed by atoms with E-state index in [0.717, 1.165) is 43.9 Å². The van der Waals surface area contributed by atoms with Gasteiger partial charge >= 0.3 is 0 Å². The van der Waals surface area contributed by atoms with E-state index in [-0.39, 0.29) is 35.5 Å². The molecule has 0 radical (unpaired) electrons. The number of rotatable bonds is 3. The van der Waals surface area contributed by atoms with Crippen LogP contribution in [0, 0.1) is 17.6 Å². The standard InChI is InChI=1S/C21H26F2N6/c22-15-2-1-3-16(23)20(15)12-4-5-17-14(8-12)21(28-27-17)18-9-25-10-19(26-18)29-7-6-13(24)11-29/h1-3,9-10,12-14,17,21,27-28H,4-8,11,24H2. The van der Waals surface area contributed by atoms with Gasteiger partial charge in [0.1, 0.15) is 17.5 Å². The fourth-order valence-corrected chi connectivity index (χ4v) is 5.18. The molecule has 8 heteroatoms. The van der Waals surface area contributed by atoms with E-state index in [2.05, 4.69) is 20.7 Å². The molecule has 2 aromatic rings. The molecule has 0 bridgehead atoms. The van der Waals surface area contributed by atoms with Crippen LogP contribution in [0.25, 0.3) is 0 Å². The van der Waals surface area contributed by atoms with E-state index >= 15 is 0 Å². The van der Waals surface area contributed by atoms with E-state index in [1.54, 1.807) is 12.4 Å². The molecule has 1 aromatic carbocycles. The van der Waals surface area contributed by atoms with Gasteiger partial charge in [-0.25, -0.2) is 19.2 Å². The van der Waals surface area contributed by atoms with Crippen LogP contribution in [0.2, 0.25) is 0 Å². The molecule has 29 heavy (non-hydrogen) atoms. The Morgan fingerprint density at radius 2 is 1.90 bits per heavy atom. The third-order valence-electron chi connectivity index (χ3n) is 6.67. The number of benzene rings is 1. The Labute approximate surface area is 168 Å². The molecule has 5 unspecified atom stereocenters. The summed E-state index contributed by atoms with van der Waals surface area (Å²) in [5, 5.41) is 0. The summed E-state index contributed by atoms with van der Waals surface area (Å²) in [6, 6.07) is 4.52. The lowest BCUT2D eigenvalue weighted by molar-refractivity contribution is 0.269. The molecule has 3 fully saturated rings. The van der Waals surface area contributed by atoms with Crippen LogP contribution in [-0.4, -0.2) is 35.1 Å². The van der Waals surface area contributed by atoms with E-state index in [1.807, 2.05) is 0 Å². The number of fused-ring (bicyclic) bond motifs is 1. The minimum Gasteiger partial charge on any atom is -0.354 e. The van der Waals surface area contributed by atoms with Crippen LogP contribution < -0.4 is 21.5 Å². The lowest BCUT2D eigenvalue weighted by atomic mass is 9.73. The van der Waals surface area contributed by atoms with Crippen molar-refractivity contribution in [3.05, 3.63) is 53.5 Å². The van der Waals surface area contributed by atoms with Crippen molar-refractivity contribution in [3.8, 4) is 0 Å². The monoisotopic (exact) mass is 400 g/mol. The molecule has 1 aliphatic carbocycles. The molecule has 5 rings (SSSR count). The number of aromatic nitrogens is 2. The number of anilines is 1. The summed E-state index contributed by atoms with van der Waals surface area (Å²) in [7, 11) is 0. The maximum absolute atomic E-state index is 14.3. The Morgan fingerprint density at radius 1 is 1.07 bits per heavy atom. The Morgan fingerprint density at radius 3 is 2.66 bits per heavy atom. The number of hydrogen-bond acceptors (Lipinski definition) is 6. The second-order valence-electron chi connectivity index (χ2n) is 8.48. The van der Waals surface area contributed by atoms with Crippen LogP contribution >= 0.6 is 0 Å². The Bertz CT molecular complexity index is 873. The van der Waals surface area contributed by atoms with Crippen molar-refractivity contribution in [1.29, 1.82) is 0 Å². The molecule has 3 aliphatic rings. The summed E-state index contributed by atoms with van der Waals surface area (Å²) < 4.78 is 28.7. The molecule has 0 spiro atoms. The minimum absolute atomic E-state index is 0.0404. The smallest absolute Gasteiger partial charge is 0.147 e. The second kappa shape index (κ2) is 7.59. The van der Waals surface area contributed by atoms with Gasteiger partial charge in [-0.3, -0.25) is 10.4 Å². The Hall–Kier alpha value is -2.16. The molecule has 3 heterocycles. The van der Waals surface area contributed by atoms with Gasteiger partial charge in [0.15, 0.2) is 0 Å². The average Bonchev–Trinajstić information content (AvgIpc) is 3.34. The number of halogens is 2. The van der Waals surface area contributed by atoms with Gasteiger partial charge in [0.05, 0.1) is 24.1 Å². The lowest BCUT2D eigenvalue weighted by Gasteiger charge is -2.33. The van der Waals surface area contributed by atoms with Gasteiger partial charge in [0.25, 0.3) is 0 Å². The van der Waals surface area contributed by atoms with Crippen molar-refractivity contribution >= 4 is 5.82 Å². The van der Waals surface area contributed by atoms with Crippen molar-refractivity contribution in [2.75, 3.05) is 18.0 Å². The van der Waals surface area contributed by atoms with Crippen LogP contribution in [0.1, 0.15) is 48.9 Å². The highest BCUT2D eigenvalue weighted by Gasteiger charge is 2.43. The van der Waals surface area contributed by atoms with Gasteiger partial charge in [-0.15, -0.1) is 0 Å². The third-order valence-corrected chi connectivity index (χ3v) is 6.67. The molecular formula is C21H26F2N6. The van der Waals surface area contributed by atoms with Crippen molar-refractivity contribution < 1.29 is 8.78 Å². The minimum atomic E-state index is -0.448.